The summed E-state index contributed by atoms with van der Waals surface area (Å²) in [6, 6.07) is 5.94. The van der Waals surface area contributed by atoms with Gasteiger partial charge in [0.05, 0.1) is 11.8 Å². The van der Waals surface area contributed by atoms with Gasteiger partial charge in [0, 0.05) is 12.8 Å². The summed E-state index contributed by atoms with van der Waals surface area (Å²) in [4.78, 5) is 4.28. The number of aromatic nitrogens is 1. The van der Waals surface area contributed by atoms with E-state index < -0.39 is 0 Å². The summed E-state index contributed by atoms with van der Waals surface area (Å²) in [6.07, 6.45) is 4.02. The Kier molecular flexibility index (Phi) is 4.47. The Morgan fingerprint density at radius 3 is 2.77 bits per heavy atom. The van der Waals surface area contributed by atoms with Crippen LogP contribution in [0.4, 0.5) is 0 Å². The second-order valence-corrected chi connectivity index (χ2v) is 3.02. The summed E-state index contributed by atoms with van der Waals surface area (Å²) in [7, 11) is 0. The molecule has 1 rings (SSSR count). The maximum atomic E-state index is 5.66. The van der Waals surface area contributed by atoms with Gasteiger partial charge in [0.1, 0.15) is 0 Å². The molecule has 1 unspecified atom stereocenters. The van der Waals surface area contributed by atoms with Crippen LogP contribution in [0.3, 0.4) is 0 Å². The molecule has 13 heavy (non-hydrogen) atoms. The minimum atomic E-state index is 0.168. The molecule has 0 radical (unpaired) electrons. The number of pyridine rings is 1. The molecule has 2 nitrogen and oxygen atoms in total. The maximum absolute atomic E-state index is 5.66. The number of rotatable bonds is 5. The lowest BCUT2D eigenvalue weighted by Gasteiger charge is -2.14. The fourth-order valence-electron chi connectivity index (χ4n) is 1.24. The second kappa shape index (κ2) is 5.70. The Morgan fingerprint density at radius 2 is 2.23 bits per heavy atom. The minimum Gasteiger partial charge on any atom is -0.372 e. The molecule has 1 aromatic rings. The lowest BCUT2D eigenvalue weighted by Crippen LogP contribution is -2.05. The Morgan fingerprint density at radius 1 is 1.38 bits per heavy atom. The predicted molar refractivity (Wildman–Crippen MR) is 53.5 cm³/mol. The lowest BCUT2D eigenvalue weighted by atomic mass is 10.2. The molecule has 1 aromatic heterocycles. The molecule has 72 valence electrons. The molecule has 0 aliphatic carbocycles. The first kappa shape index (κ1) is 10.2. The lowest BCUT2D eigenvalue weighted by molar-refractivity contribution is 0.0476. The molecule has 0 saturated carbocycles. The van der Waals surface area contributed by atoms with Crippen molar-refractivity contribution in [3.05, 3.63) is 30.1 Å². The van der Waals surface area contributed by atoms with Crippen molar-refractivity contribution in [3.8, 4) is 0 Å². The quantitative estimate of drug-likeness (QED) is 0.693. The fourth-order valence-corrected chi connectivity index (χ4v) is 1.24. The summed E-state index contributed by atoms with van der Waals surface area (Å²) in [5.74, 6) is 0. The summed E-state index contributed by atoms with van der Waals surface area (Å²) >= 11 is 0. The van der Waals surface area contributed by atoms with E-state index in [-0.39, 0.29) is 6.10 Å². The smallest absolute Gasteiger partial charge is 0.0991 e. The second-order valence-electron chi connectivity index (χ2n) is 3.02. The van der Waals surface area contributed by atoms with Gasteiger partial charge >= 0.3 is 0 Å². The van der Waals surface area contributed by atoms with Crippen molar-refractivity contribution in [3.63, 3.8) is 0 Å². The van der Waals surface area contributed by atoms with Crippen LogP contribution in [0.15, 0.2) is 24.4 Å². The molecule has 1 heterocycles. The normalized spacial score (nSPS) is 12.8. The van der Waals surface area contributed by atoms with Crippen LogP contribution in [0.5, 0.6) is 0 Å². The van der Waals surface area contributed by atoms with Crippen LogP contribution < -0.4 is 0 Å². The average molecular weight is 179 g/mol. The highest BCUT2D eigenvalue weighted by Crippen LogP contribution is 2.18. The molecule has 0 N–H and O–H groups in total. The summed E-state index contributed by atoms with van der Waals surface area (Å²) in [5, 5.41) is 0. The van der Waals surface area contributed by atoms with E-state index >= 15 is 0 Å². The highest BCUT2D eigenvalue weighted by atomic mass is 16.5. The third-order valence-electron chi connectivity index (χ3n) is 1.91. The SMILES string of the molecule is CCCOC(CC)c1ccccn1. The van der Waals surface area contributed by atoms with E-state index in [0.29, 0.717) is 0 Å². The van der Waals surface area contributed by atoms with Gasteiger partial charge in [-0.25, -0.2) is 0 Å². The van der Waals surface area contributed by atoms with Crippen LogP contribution in [0.1, 0.15) is 38.5 Å². The van der Waals surface area contributed by atoms with Crippen molar-refractivity contribution in [1.29, 1.82) is 0 Å². The monoisotopic (exact) mass is 179 g/mol. The number of hydrogen-bond acceptors (Lipinski definition) is 2. The highest BCUT2D eigenvalue weighted by Gasteiger charge is 2.09. The molecule has 0 aliphatic heterocycles. The molecule has 0 amide bonds. The van der Waals surface area contributed by atoms with Gasteiger partial charge in [-0.2, -0.15) is 0 Å². The van der Waals surface area contributed by atoms with E-state index in [0.717, 1.165) is 25.1 Å². The highest BCUT2D eigenvalue weighted by molar-refractivity contribution is 5.06. The molecule has 0 aliphatic rings. The Bertz CT molecular complexity index is 223. The summed E-state index contributed by atoms with van der Waals surface area (Å²) < 4.78 is 5.66. The predicted octanol–water partition coefficient (Wildman–Crippen LogP) is 2.96. The third-order valence-corrected chi connectivity index (χ3v) is 1.91. The van der Waals surface area contributed by atoms with E-state index in [1.807, 2.05) is 24.4 Å². The topological polar surface area (TPSA) is 22.1 Å². The van der Waals surface area contributed by atoms with E-state index in [1.165, 1.54) is 0 Å². The van der Waals surface area contributed by atoms with Crippen molar-refractivity contribution >= 4 is 0 Å². The van der Waals surface area contributed by atoms with Gasteiger partial charge < -0.3 is 4.74 Å². The van der Waals surface area contributed by atoms with Gasteiger partial charge in [0.25, 0.3) is 0 Å². The summed E-state index contributed by atoms with van der Waals surface area (Å²) in [6.45, 7) is 5.05. The zero-order valence-electron chi connectivity index (χ0n) is 8.36. The van der Waals surface area contributed by atoms with Gasteiger partial charge in [0.15, 0.2) is 0 Å². The Balaban J connectivity index is 2.56. The molecular formula is C11H17NO. The fraction of sp³-hybridized carbons (Fsp3) is 0.545. The number of ether oxygens (including phenoxy) is 1. The molecule has 2 heteroatoms. The molecule has 0 fully saturated rings. The van der Waals surface area contributed by atoms with Crippen molar-refractivity contribution in [2.75, 3.05) is 6.61 Å². The van der Waals surface area contributed by atoms with Gasteiger partial charge in [-0.15, -0.1) is 0 Å². The van der Waals surface area contributed by atoms with E-state index in [1.54, 1.807) is 0 Å². The van der Waals surface area contributed by atoms with Crippen LogP contribution >= 0.6 is 0 Å². The van der Waals surface area contributed by atoms with Crippen molar-refractivity contribution in [1.82, 2.24) is 4.98 Å². The minimum absolute atomic E-state index is 0.168. The molecular weight excluding hydrogens is 162 g/mol. The molecule has 1 atom stereocenters. The number of nitrogens with zero attached hydrogens (tertiary/aromatic N) is 1. The Labute approximate surface area is 80.0 Å². The van der Waals surface area contributed by atoms with Gasteiger partial charge in [-0.05, 0) is 25.0 Å². The van der Waals surface area contributed by atoms with E-state index in [2.05, 4.69) is 18.8 Å². The van der Waals surface area contributed by atoms with E-state index in [4.69, 9.17) is 4.74 Å². The summed E-state index contributed by atoms with van der Waals surface area (Å²) in [5.41, 5.74) is 1.04. The molecule has 0 saturated heterocycles. The third kappa shape index (κ3) is 3.15. The zero-order valence-corrected chi connectivity index (χ0v) is 8.36. The molecule has 0 spiro atoms. The first-order chi connectivity index (χ1) is 6.38. The van der Waals surface area contributed by atoms with Gasteiger partial charge in [-0.1, -0.05) is 19.9 Å². The number of hydrogen-bond donors (Lipinski definition) is 0. The molecule has 0 bridgehead atoms. The van der Waals surface area contributed by atoms with Crippen molar-refractivity contribution in [2.24, 2.45) is 0 Å². The molecule has 0 aromatic carbocycles. The standard InChI is InChI=1S/C11H17NO/c1-3-9-13-11(4-2)10-7-5-6-8-12-10/h5-8,11H,3-4,9H2,1-2H3. The first-order valence-corrected chi connectivity index (χ1v) is 4.91. The van der Waals surface area contributed by atoms with Crippen molar-refractivity contribution in [2.45, 2.75) is 32.8 Å². The largest absolute Gasteiger partial charge is 0.372 e. The van der Waals surface area contributed by atoms with Crippen LogP contribution in [0.2, 0.25) is 0 Å². The maximum Gasteiger partial charge on any atom is 0.0991 e. The van der Waals surface area contributed by atoms with Gasteiger partial charge in [0.2, 0.25) is 0 Å². The first-order valence-electron chi connectivity index (χ1n) is 4.91. The van der Waals surface area contributed by atoms with Crippen LogP contribution in [0.25, 0.3) is 0 Å². The van der Waals surface area contributed by atoms with Crippen LogP contribution in [-0.2, 0) is 4.74 Å². The van der Waals surface area contributed by atoms with Crippen LogP contribution in [-0.4, -0.2) is 11.6 Å². The zero-order chi connectivity index (χ0) is 9.52. The van der Waals surface area contributed by atoms with Gasteiger partial charge in [-0.3, -0.25) is 4.98 Å². The average Bonchev–Trinajstić information content (AvgIpc) is 2.21. The van der Waals surface area contributed by atoms with E-state index in [9.17, 15) is 0 Å². The van der Waals surface area contributed by atoms with Crippen molar-refractivity contribution < 1.29 is 4.74 Å². The Hall–Kier alpha value is -0.890. The van der Waals surface area contributed by atoms with Crippen LogP contribution in [0, 0.1) is 0 Å².